The lowest BCUT2D eigenvalue weighted by Gasteiger charge is -2.09. The second-order valence-electron chi connectivity index (χ2n) is 4.29. The van der Waals surface area contributed by atoms with E-state index in [0.29, 0.717) is 6.54 Å². The predicted molar refractivity (Wildman–Crippen MR) is 79.4 cm³/mol. The molecule has 5 heteroatoms. The van der Waals surface area contributed by atoms with Crippen molar-refractivity contribution in [1.29, 1.82) is 0 Å². The molecule has 102 valence electrons. The van der Waals surface area contributed by atoms with E-state index in [0.717, 1.165) is 33.5 Å². The Morgan fingerprint density at radius 1 is 1.42 bits per heavy atom. The Bertz CT molecular complexity index is 540. The van der Waals surface area contributed by atoms with Crippen LogP contribution in [0.2, 0.25) is 0 Å². The largest absolute Gasteiger partial charge is 0.313 e. The molecule has 0 spiro atoms. The Morgan fingerprint density at radius 3 is 2.95 bits per heavy atom. The van der Waals surface area contributed by atoms with Gasteiger partial charge in [0, 0.05) is 22.5 Å². The van der Waals surface area contributed by atoms with E-state index >= 15 is 0 Å². The lowest BCUT2D eigenvalue weighted by atomic mass is 10.2. The molecule has 0 saturated heterocycles. The van der Waals surface area contributed by atoms with Gasteiger partial charge in [0.15, 0.2) is 4.34 Å². The van der Waals surface area contributed by atoms with E-state index in [1.165, 1.54) is 6.07 Å². The highest BCUT2D eigenvalue weighted by Crippen LogP contribution is 2.32. The van der Waals surface area contributed by atoms with E-state index in [9.17, 15) is 4.39 Å². The van der Waals surface area contributed by atoms with Gasteiger partial charge in [0.2, 0.25) is 0 Å². The molecule has 2 nitrogen and oxygen atoms in total. The van der Waals surface area contributed by atoms with Gasteiger partial charge < -0.3 is 5.32 Å². The van der Waals surface area contributed by atoms with Gasteiger partial charge in [0.05, 0.1) is 0 Å². The zero-order valence-corrected chi connectivity index (χ0v) is 12.7. The molecule has 2 aromatic rings. The van der Waals surface area contributed by atoms with Crippen molar-refractivity contribution in [3.63, 3.8) is 0 Å². The number of nitrogens with one attached hydrogen (secondary N) is 1. The molecule has 0 radical (unpaired) electrons. The van der Waals surface area contributed by atoms with Crippen LogP contribution in [-0.4, -0.2) is 11.5 Å². The molecule has 0 aliphatic carbocycles. The molecule has 1 N–H and O–H groups in total. The smallest absolute Gasteiger partial charge is 0.154 e. The lowest BCUT2D eigenvalue weighted by Crippen LogP contribution is -2.14. The van der Waals surface area contributed by atoms with Gasteiger partial charge in [-0.25, -0.2) is 9.37 Å². The van der Waals surface area contributed by atoms with E-state index < -0.39 is 0 Å². The molecule has 1 aromatic heterocycles. The van der Waals surface area contributed by atoms with Gasteiger partial charge in [-0.2, -0.15) is 0 Å². The molecular weight excluding hydrogens is 279 g/mol. The fourth-order valence-electron chi connectivity index (χ4n) is 1.66. The first-order valence-corrected chi connectivity index (χ1v) is 7.97. The summed E-state index contributed by atoms with van der Waals surface area (Å²) in [6.07, 6.45) is 1.07. The highest BCUT2D eigenvalue weighted by Gasteiger charge is 2.08. The van der Waals surface area contributed by atoms with Crippen LogP contribution in [0.1, 0.15) is 24.6 Å². The molecule has 0 bridgehead atoms. The maximum absolute atomic E-state index is 13.3. The number of rotatable bonds is 6. The van der Waals surface area contributed by atoms with E-state index in [1.54, 1.807) is 29.2 Å². The third kappa shape index (κ3) is 4.30. The molecule has 0 amide bonds. The van der Waals surface area contributed by atoms with Crippen LogP contribution in [0.4, 0.5) is 4.39 Å². The second kappa shape index (κ2) is 7.03. The first-order chi connectivity index (χ1) is 9.19. The molecule has 0 aliphatic rings. The van der Waals surface area contributed by atoms with Gasteiger partial charge in [-0.15, -0.1) is 11.3 Å². The quantitative estimate of drug-likeness (QED) is 0.807. The zero-order valence-electron chi connectivity index (χ0n) is 11.1. The summed E-state index contributed by atoms with van der Waals surface area (Å²) >= 11 is 3.23. The summed E-state index contributed by atoms with van der Waals surface area (Å²) in [6, 6.07) is 4.94. The number of hydrogen-bond acceptors (Lipinski definition) is 4. The Morgan fingerprint density at radius 2 is 2.26 bits per heavy atom. The molecule has 0 saturated carbocycles. The average Bonchev–Trinajstić information content (AvgIpc) is 2.78. The van der Waals surface area contributed by atoms with Crippen molar-refractivity contribution in [2.45, 2.75) is 36.0 Å². The van der Waals surface area contributed by atoms with Crippen LogP contribution < -0.4 is 5.32 Å². The van der Waals surface area contributed by atoms with Crippen LogP contribution in [0, 0.1) is 12.7 Å². The summed E-state index contributed by atoms with van der Waals surface area (Å²) < 4.78 is 14.3. The topological polar surface area (TPSA) is 24.9 Å². The molecule has 19 heavy (non-hydrogen) atoms. The molecule has 0 unspecified atom stereocenters. The minimum Gasteiger partial charge on any atom is -0.313 e. The number of aromatic nitrogens is 1. The van der Waals surface area contributed by atoms with Gasteiger partial charge in [0.1, 0.15) is 5.82 Å². The summed E-state index contributed by atoms with van der Waals surface area (Å²) in [4.78, 5) is 5.50. The second-order valence-corrected chi connectivity index (χ2v) is 6.43. The number of halogens is 1. The Labute approximate surface area is 121 Å². The first kappa shape index (κ1) is 14.5. The van der Waals surface area contributed by atoms with Gasteiger partial charge in [-0.1, -0.05) is 18.7 Å². The maximum Gasteiger partial charge on any atom is 0.154 e. The predicted octanol–water partition coefficient (Wildman–Crippen LogP) is 4.24. The average molecular weight is 296 g/mol. The molecular formula is C14H17FN2S2. The van der Waals surface area contributed by atoms with Crippen molar-refractivity contribution in [2.75, 3.05) is 6.54 Å². The molecule has 0 aliphatic heterocycles. The minimum absolute atomic E-state index is 0.187. The molecule has 0 fully saturated rings. The van der Waals surface area contributed by atoms with E-state index in [4.69, 9.17) is 0 Å². The van der Waals surface area contributed by atoms with E-state index in [2.05, 4.69) is 17.2 Å². The first-order valence-electron chi connectivity index (χ1n) is 6.28. The molecule has 2 rings (SSSR count). The SMILES string of the molecule is CCCNCc1cc(F)ccc1Sc1nc(C)cs1. The van der Waals surface area contributed by atoms with Gasteiger partial charge >= 0.3 is 0 Å². The van der Waals surface area contributed by atoms with Crippen LogP contribution in [0.15, 0.2) is 32.8 Å². The van der Waals surface area contributed by atoms with Crippen molar-refractivity contribution in [1.82, 2.24) is 10.3 Å². The van der Waals surface area contributed by atoms with Crippen LogP contribution in [0.5, 0.6) is 0 Å². The number of aryl methyl sites for hydroxylation is 1. The third-order valence-electron chi connectivity index (χ3n) is 2.56. The minimum atomic E-state index is -0.187. The van der Waals surface area contributed by atoms with Gasteiger partial charge in [-0.3, -0.25) is 0 Å². The number of nitrogens with zero attached hydrogens (tertiary/aromatic N) is 1. The van der Waals surface area contributed by atoms with Crippen molar-refractivity contribution >= 4 is 23.1 Å². The fraction of sp³-hybridized carbons (Fsp3) is 0.357. The maximum atomic E-state index is 13.3. The Kier molecular flexibility index (Phi) is 5.36. The van der Waals surface area contributed by atoms with Crippen molar-refractivity contribution < 1.29 is 4.39 Å². The monoisotopic (exact) mass is 296 g/mol. The summed E-state index contributed by atoms with van der Waals surface area (Å²) in [6.45, 7) is 5.73. The summed E-state index contributed by atoms with van der Waals surface area (Å²) in [5, 5.41) is 5.34. The third-order valence-corrected chi connectivity index (χ3v) is 4.73. The highest BCUT2D eigenvalue weighted by atomic mass is 32.2. The van der Waals surface area contributed by atoms with Crippen LogP contribution in [0.25, 0.3) is 0 Å². The number of benzene rings is 1. The molecule has 0 atom stereocenters. The highest BCUT2D eigenvalue weighted by molar-refractivity contribution is 8.01. The van der Waals surface area contributed by atoms with Crippen LogP contribution in [0.3, 0.4) is 0 Å². The normalized spacial score (nSPS) is 10.9. The summed E-state index contributed by atoms with van der Waals surface area (Å²) in [7, 11) is 0. The lowest BCUT2D eigenvalue weighted by molar-refractivity contribution is 0.615. The zero-order chi connectivity index (χ0) is 13.7. The van der Waals surface area contributed by atoms with Crippen molar-refractivity contribution in [3.8, 4) is 0 Å². The Hall–Kier alpha value is -0.910. The van der Waals surface area contributed by atoms with Gasteiger partial charge in [-0.05, 0) is 43.7 Å². The van der Waals surface area contributed by atoms with Crippen LogP contribution in [-0.2, 0) is 6.54 Å². The van der Waals surface area contributed by atoms with Crippen LogP contribution >= 0.6 is 23.1 Å². The van der Waals surface area contributed by atoms with Crippen molar-refractivity contribution in [3.05, 3.63) is 40.7 Å². The summed E-state index contributed by atoms with van der Waals surface area (Å²) in [5.74, 6) is -0.187. The molecule has 1 heterocycles. The number of thiazole rings is 1. The van der Waals surface area contributed by atoms with E-state index in [-0.39, 0.29) is 5.82 Å². The van der Waals surface area contributed by atoms with Gasteiger partial charge in [0.25, 0.3) is 0 Å². The number of hydrogen-bond donors (Lipinski definition) is 1. The van der Waals surface area contributed by atoms with Crippen molar-refractivity contribution in [2.24, 2.45) is 0 Å². The van der Waals surface area contributed by atoms with E-state index in [1.807, 2.05) is 18.4 Å². The fourth-order valence-corrected chi connectivity index (χ4v) is 3.56. The molecule has 1 aromatic carbocycles. The standard InChI is InChI=1S/C14H17FN2S2/c1-3-6-16-8-11-7-12(15)4-5-13(11)19-14-17-10(2)9-18-14/h4-5,7,9,16H,3,6,8H2,1-2H3. The Balaban J connectivity index is 2.14. The summed E-state index contributed by atoms with van der Waals surface area (Å²) in [5.41, 5.74) is 2.02.